The Labute approximate surface area is 119 Å². The summed E-state index contributed by atoms with van der Waals surface area (Å²) in [4.78, 5) is 0. The highest BCUT2D eigenvalue weighted by Crippen LogP contribution is 2.88. The van der Waals surface area contributed by atoms with E-state index in [1.54, 1.807) is 51.4 Å². The molecule has 4 aliphatic carbocycles. The molecule has 4 saturated carbocycles. The summed E-state index contributed by atoms with van der Waals surface area (Å²) < 4.78 is 0. The van der Waals surface area contributed by atoms with Crippen LogP contribution in [0.5, 0.6) is 0 Å². The third kappa shape index (κ3) is 1.37. The second kappa shape index (κ2) is 4.01. The maximum absolute atomic E-state index is 2.38. The van der Waals surface area contributed by atoms with E-state index in [1.165, 1.54) is 25.7 Å². The van der Waals surface area contributed by atoms with Gasteiger partial charge in [-0.1, -0.05) is 39.5 Å². The first-order valence-electron chi connectivity index (χ1n) is 9.19. The van der Waals surface area contributed by atoms with E-state index in [4.69, 9.17) is 0 Å². The average molecular weight is 260 g/mol. The summed E-state index contributed by atoms with van der Waals surface area (Å²) >= 11 is 0. The molecule has 4 aliphatic rings. The lowest BCUT2D eigenvalue weighted by Crippen LogP contribution is -2.60. The fourth-order valence-corrected chi connectivity index (χ4v) is 7.86. The van der Waals surface area contributed by atoms with Crippen LogP contribution in [0.4, 0.5) is 0 Å². The first kappa shape index (κ1) is 12.7. The average Bonchev–Trinajstić information content (AvgIpc) is 2.69. The maximum Gasteiger partial charge on any atom is -0.0179 e. The Morgan fingerprint density at radius 3 is 1.79 bits per heavy atom. The molecule has 19 heavy (non-hydrogen) atoms. The van der Waals surface area contributed by atoms with Crippen molar-refractivity contribution in [3.63, 3.8) is 0 Å². The number of fused-ring (bicyclic) bond motifs is 2. The van der Waals surface area contributed by atoms with Crippen LogP contribution >= 0.6 is 0 Å². The molecule has 0 aliphatic heterocycles. The van der Waals surface area contributed by atoms with E-state index in [0.717, 1.165) is 28.1 Å². The van der Waals surface area contributed by atoms with Crippen LogP contribution in [0.3, 0.4) is 0 Å². The lowest BCUT2D eigenvalue weighted by molar-refractivity contribution is -0.188. The van der Waals surface area contributed by atoms with Gasteiger partial charge in [0, 0.05) is 0 Å². The third-order valence-electron chi connectivity index (χ3n) is 8.02. The first-order valence-corrected chi connectivity index (χ1v) is 9.19. The molecule has 4 rings (SSSR count). The van der Waals surface area contributed by atoms with Crippen molar-refractivity contribution in [2.24, 2.45) is 28.1 Å². The van der Waals surface area contributed by atoms with Crippen LogP contribution in [-0.2, 0) is 0 Å². The summed E-state index contributed by atoms with van der Waals surface area (Å²) in [5.74, 6) is 2.28. The number of unbranched alkanes of at least 4 members (excludes halogenated alkanes) is 2. The lowest BCUT2D eigenvalue weighted by Gasteiger charge is -2.67. The maximum atomic E-state index is 2.38. The van der Waals surface area contributed by atoms with Crippen LogP contribution < -0.4 is 0 Å². The van der Waals surface area contributed by atoms with E-state index < -0.39 is 0 Å². The minimum atomic E-state index is 0.840. The molecule has 0 heteroatoms. The first-order chi connectivity index (χ1) is 9.19. The quantitative estimate of drug-likeness (QED) is 0.553. The molecule has 0 nitrogen and oxygen atoms in total. The predicted molar refractivity (Wildman–Crippen MR) is 81.0 cm³/mol. The van der Waals surface area contributed by atoms with Gasteiger partial charge in [-0.05, 0) is 79.4 Å². The van der Waals surface area contributed by atoms with E-state index in [2.05, 4.69) is 13.8 Å². The van der Waals surface area contributed by atoms with Gasteiger partial charge in [-0.15, -0.1) is 0 Å². The largest absolute Gasteiger partial charge is 0.0654 e. The minimum Gasteiger partial charge on any atom is -0.0654 e. The van der Waals surface area contributed by atoms with Crippen molar-refractivity contribution in [2.75, 3.05) is 0 Å². The van der Waals surface area contributed by atoms with Gasteiger partial charge in [0.1, 0.15) is 0 Å². The Balaban J connectivity index is 1.64. The Morgan fingerprint density at radius 2 is 1.32 bits per heavy atom. The summed E-state index contributed by atoms with van der Waals surface area (Å²) in [5.41, 5.74) is 2.54. The molecule has 0 amide bonds. The van der Waals surface area contributed by atoms with Gasteiger partial charge in [0.2, 0.25) is 0 Å². The highest BCUT2D eigenvalue weighted by Gasteiger charge is 2.79. The summed E-state index contributed by atoms with van der Waals surface area (Å²) in [6.45, 7) is 4.77. The number of rotatable bonds is 6. The van der Waals surface area contributed by atoms with Crippen LogP contribution in [0.25, 0.3) is 0 Å². The molecule has 0 aromatic carbocycles. The smallest absolute Gasteiger partial charge is 0.0179 e. The number of hydrogen-bond acceptors (Lipinski definition) is 0. The predicted octanol–water partition coefficient (Wildman–Crippen LogP) is 5.95. The zero-order chi connectivity index (χ0) is 13.1. The van der Waals surface area contributed by atoms with Gasteiger partial charge in [0.15, 0.2) is 0 Å². The molecule has 1 spiro atoms. The van der Waals surface area contributed by atoms with Crippen molar-refractivity contribution >= 4 is 0 Å². The molecule has 0 aromatic heterocycles. The Hall–Kier alpha value is 0. The summed E-state index contributed by atoms with van der Waals surface area (Å²) in [6.07, 6.45) is 18.8. The molecule has 0 heterocycles. The number of hydrogen-bond donors (Lipinski definition) is 0. The summed E-state index contributed by atoms with van der Waals surface area (Å²) in [6, 6.07) is 0. The van der Waals surface area contributed by atoms with Crippen LogP contribution in [0.15, 0.2) is 0 Å². The van der Waals surface area contributed by atoms with Gasteiger partial charge >= 0.3 is 0 Å². The Bertz CT molecular complexity index is 336. The zero-order valence-corrected chi connectivity index (χ0v) is 13.1. The second-order valence-corrected chi connectivity index (χ2v) is 8.81. The molecule has 0 saturated heterocycles. The molecule has 108 valence electrons. The monoisotopic (exact) mass is 260 g/mol. The van der Waals surface area contributed by atoms with Crippen molar-refractivity contribution in [1.29, 1.82) is 0 Å². The van der Waals surface area contributed by atoms with E-state index >= 15 is 0 Å². The van der Waals surface area contributed by atoms with Crippen molar-refractivity contribution in [3.05, 3.63) is 0 Å². The highest BCUT2D eigenvalue weighted by atomic mass is 14.8. The summed E-state index contributed by atoms with van der Waals surface area (Å²) in [5, 5.41) is 0. The Kier molecular flexibility index (Phi) is 2.69. The fraction of sp³-hybridized carbons (Fsp3) is 1.00. The molecule has 4 atom stereocenters. The van der Waals surface area contributed by atoms with Crippen molar-refractivity contribution in [1.82, 2.24) is 0 Å². The van der Waals surface area contributed by atoms with Gasteiger partial charge in [-0.2, -0.15) is 0 Å². The third-order valence-corrected chi connectivity index (χ3v) is 8.02. The zero-order valence-electron chi connectivity index (χ0n) is 13.1. The van der Waals surface area contributed by atoms with E-state index in [0.29, 0.717) is 0 Å². The van der Waals surface area contributed by atoms with Crippen molar-refractivity contribution in [3.8, 4) is 0 Å². The topological polar surface area (TPSA) is 0 Å². The van der Waals surface area contributed by atoms with Crippen molar-refractivity contribution < 1.29 is 0 Å². The van der Waals surface area contributed by atoms with Crippen LogP contribution in [0.2, 0.25) is 0 Å². The molecule has 4 unspecified atom stereocenters. The molecular formula is C19H32. The lowest BCUT2D eigenvalue weighted by atomic mass is 9.37. The van der Waals surface area contributed by atoms with Crippen LogP contribution in [0, 0.1) is 28.1 Å². The standard InChI is InChI=1S/C19H32/c1-3-5-7-17-10-15-9-16-11-18(14-17,8-6-4-2)19(17,12-15)13-16/h15-16H,3-14H2,1-2H3. The van der Waals surface area contributed by atoms with Crippen molar-refractivity contribution in [2.45, 2.75) is 90.9 Å². The van der Waals surface area contributed by atoms with Gasteiger partial charge < -0.3 is 0 Å². The molecule has 0 N–H and O–H groups in total. The van der Waals surface area contributed by atoms with E-state index in [-0.39, 0.29) is 0 Å². The van der Waals surface area contributed by atoms with E-state index in [9.17, 15) is 0 Å². The van der Waals surface area contributed by atoms with Gasteiger partial charge in [-0.3, -0.25) is 0 Å². The Morgan fingerprint density at radius 1 is 0.789 bits per heavy atom. The molecular weight excluding hydrogens is 228 g/mol. The van der Waals surface area contributed by atoms with Gasteiger partial charge in [-0.25, -0.2) is 0 Å². The molecule has 3 bridgehead atoms. The minimum absolute atomic E-state index is 0.840. The fourth-order valence-electron chi connectivity index (χ4n) is 7.86. The van der Waals surface area contributed by atoms with E-state index in [1.807, 2.05) is 0 Å². The molecule has 4 fully saturated rings. The van der Waals surface area contributed by atoms with Gasteiger partial charge in [0.05, 0.1) is 0 Å². The normalized spacial score (nSPS) is 53.4. The second-order valence-electron chi connectivity index (χ2n) is 8.81. The highest BCUT2D eigenvalue weighted by molar-refractivity contribution is 5.28. The molecule has 0 radical (unpaired) electrons. The SMILES string of the molecule is CCCCC12CC3CC4CC(CCCC)(C1)C2(C3)C4. The van der Waals surface area contributed by atoms with Gasteiger partial charge in [0.25, 0.3) is 0 Å². The van der Waals surface area contributed by atoms with Crippen LogP contribution in [0.1, 0.15) is 90.9 Å². The molecule has 0 aromatic rings. The summed E-state index contributed by atoms with van der Waals surface area (Å²) in [7, 11) is 0. The van der Waals surface area contributed by atoms with Crippen LogP contribution in [-0.4, -0.2) is 0 Å².